The van der Waals surface area contributed by atoms with Gasteiger partial charge in [-0.3, -0.25) is 9.59 Å². The van der Waals surface area contributed by atoms with E-state index in [1.807, 2.05) is 55.5 Å². The number of rotatable bonds is 9. The Hall–Kier alpha value is -4.13. The molecule has 2 N–H and O–H groups in total. The number of nitrogens with one attached hydrogen (secondary N) is 2. The number of para-hydroxylation sites is 1. The number of carbonyl (C=O) groups excluding carboxylic acids is 3. The van der Waals surface area contributed by atoms with Crippen LogP contribution in [0.3, 0.4) is 0 Å². The van der Waals surface area contributed by atoms with Gasteiger partial charge in [0, 0.05) is 24.2 Å². The second-order valence-corrected chi connectivity index (χ2v) is 7.68. The second kappa shape index (κ2) is 12.2. The van der Waals surface area contributed by atoms with E-state index in [0.717, 1.165) is 11.1 Å². The highest BCUT2D eigenvalue weighted by molar-refractivity contribution is 5.95. The highest BCUT2D eigenvalue weighted by Crippen LogP contribution is 2.17. The van der Waals surface area contributed by atoms with Crippen molar-refractivity contribution in [1.82, 2.24) is 5.32 Å². The number of ether oxygens (including phenoxy) is 2. The zero-order valence-corrected chi connectivity index (χ0v) is 19.3. The zero-order valence-electron chi connectivity index (χ0n) is 19.3. The fourth-order valence-electron chi connectivity index (χ4n) is 3.22. The van der Waals surface area contributed by atoms with Gasteiger partial charge in [-0.25, -0.2) is 4.79 Å². The van der Waals surface area contributed by atoms with Gasteiger partial charge in [-0.1, -0.05) is 48.0 Å². The average molecular weight is 461 g/mol. The van der Waals surface area contributed by atoms with Crippen molar-refractivity contribution in [2.45, 2.75) is 33.2 Å². The number of benzene rings is 3. The molecule has 0 bridgehead atoms. The molecule has 0 unspecified atom stereocenters. The molecule has 0 aromatic heterocycles. The number of anilines is 1. The van der Waals surface area contributed by atoms with E-state index < -0.39 is 6.16 Å². The Morgan fingerprint density at radius 1 is 0.882 bits per heavy atom. The van der Waals surface area contributed by atoms with Crippen LogP contribution in [0.2, 0.25) is 0 Å². The molecule has 7 heteroatoms. The van der Waals surface area contributed by atoms with Gasteiger partial charge in [0.15, 0.2) is 0 Å². The Labute approximate surface area is 199 Å². The van der Waals surface area contributed by atoms with Crippen molar-refractivity contribution in [3.05, 3.63) is 95.1 Å². The molecule has 0 fully saturated rings. The van der Waals surface area contributed by atoms with Crippen molar-refractivity contribution in [2.75, 3.05) is 11.9 Å². The third-order valence-electron chi connectivity index (χ3n) is 5.07. The first-order valence-corrected chi connectivity index (χ1v) is 11.1. The third-order valence-corrected chi connectivity index (χ3v) is 5.07. The minimum atomic E-state index is -0.794. The third kappa shape index (κ3) is 7.48. The summed E-state index contributed by atoms with van der Waals surface area (Å²) in [6.45, 7) is 4.17. The molecule has 0 saturated heterocycles. The van der Waals surface area contributed by atoms with Crippen LogP contribution < -0.4 is 15.4 Å². The predicted molar refractivity (Wildman–Crippen MR) is 130 cm³/mol. The molecule has 7 nitrogen and oxygen atoms in total. The van der Waals surface area contributed by atoms with Gasteiger partial charge in [0.2, 0.25) is 5.91 Å². The topological polar surface area (TPSA) is 93.7 Å². The first-order valence-electron chi connectivity index (χ1n) is 11.1. The Bertz CT molecular complexity index is 1120. The molecule has 3 aromatic rings. The molecule has 0 heterocycles. The van der Waals surface area contributed by atoms with E-state index in [-0.39, 0.29) is 30.7 Å². The van der Waals surface area contributed by atoms with E-state index in [1.165, 1.54) is 17.7 Å². The van der Waals surface area contributed by atoms with Crippen molar-refractivity contribution >= 4 is 23.7 Å². The fraction of sp³-hybridized carbons (Fsp3) is 0.222. The summed E-state index contributed by atoms with van der Waals surface area (Å²) in [5, 5.41) is 5.79. The Morgan fingerprint density at radius 3 is 2.29 bits per heavy atom. The first kappa shape index (κ1) is 24.5. The summed E-state index contributed by atoms with van der Waals surface area (Å²) in [4.78, 5) is 36.4. The van der Waals surface area contributed by atoms with Crippen LogP contribution in [0.15, 0.2) is 72.8 Å². The van der Waals surface area contributed by atoms with Crippen LogP contribution in [0.5, 0.6) is 5.75 Å². The number of amides is 2. The van der Waals surface area contributed by atoms with E-state index in [1.54, 1.807) is 19.1 Å². The molecular weight excluding hydrogens is 432 g/mol. The minimum Gasteiger partial charge on any atom is -0.434 e. The van der Waals surface area contributed by atoms with E-state index in [0.29, 0.717) is 24.1 Å². The summed E-state index contributed by atoms with van der Waals surface area (Å²) in [6, 6.07) is 21.6. The number of carbonyl (C=O) groups is 3. The normalized spacial score (nSPS) is 10.3. The van der Waals surface area contributed by atoms with Gasteiger partial charge in [0.05, 0.1) is 6.61 Å². The summed E-state index contributed by atoms with van der Waals surface area (Å²) in [5.74, 6) is -0.0894. The first-order chi connectivity index (χ1) is 16.4. The van der Waals surface area contributed by atoms with Gasteiger partial charge in [-0.2, -0.15) is 0 Å². The second-order valence-electron chi connectivity index (χ2n) is 7.68. The quantitative estimate of drug-likeness (QED) is 0.345. The van der Waals surface area contributed by atoms with Crippen LogP contribution >= 0.6 is 0 Å². The van der Waals surface area contributed by atoms with Crippen LogP contribution in [0.1, 0.15) is 40.4 Å². The van der Waals surface area contributed by atoms with E-state index >= 15 is 0 Å². The Morgan fingerprint density at radius 2 is 1.59 bits per heavy atom. The number of aryl methyl sites for hydroxylation is 2. The van der Waals surface area contributed by atoms with Crippen LogP contribution in [0, 0.1) is 6.92 Å². The van der Waals surface area contributed by atoms with E-state index in [2.05, 4.69) is 10.6 Å². The lowest BCUT2D eigenvalue weighted by Crippen LogP contribution is -2.24. The standard InChI is InChI=1S/C27H28N2O5/c1-3-33-27(32)34-23-15-13-21(14-16-23)26(31)28-18-22-6-4-5-7-24(22)29-25(30)17-12-20-10-8-19(2)9-11-20/h4-11,13-16H,3,12,17-18H2,1-2H3,(H,28,31)(H,29,30). The molecule has 0 atom stereocenters. The van der Waals surface area contributed by atoms with Crippen LogP contribution in [-0.2, 0) is 22.5 Å². The molecule has 2 amide bonds. The lowest BCUT2D eigenvalue weighted by Gasteiger charge is -2.12. The maximum atomic E-state index is 12.5. The van der Waals surface area contributed by atoms with Gasteiger partial charge in [0.25, 0.3) is 5.91 Å². The molecule has 0 spiro atoms. The zero-order chi connectivity index (χ0) is 24.3. The molecule has 34 heavy (non-hydrogen) atoms. The van der Waals surface area contributed by atoms with Crippen molar-refractivity contribution in [1.29, 1.82) is 0 Å². The van der Waals surface area contributed by atoms with Crippen molar-refractivity contribution < 1.29 is 23.9 Å². The summed E-state index contributed by atoms with van der Waals surface area (Å²) >= 11 is 0. The Balaban J connectivity index is 1.53. The molecule has 3 aromatic carbocycles. The largest absolute Gasteiger partial charge is 0.513 e. The van der Waals surface area contributed by atoms with Crippen molar-refractivity contribution in [3.63, 3.8) is 0 Å². The minimum absolute atomic E-state index is 0.0865. The summed E-state index contributed by atoms with van der Waals surface area (Å²) < 4.78 is 9.71. The van der Waals surface area contributed by atoms with Gasteiger partial charge in [-0.15, -0.1) is 0 Å². The van der Waals surface area contributed by atoms with Gasteiger partial charge in [-0.05, 0) is 61.7 Å². The summed E-state index contributed by atoms with van der Waals surface area (Å²) in [7, 11) is 0. The predicted octanol–water partition coefficient (Wildman–Crippen LogP) is 5.03. The molecule has 0 radical (unpaired) electrons. The molecule has 0 aliphatic rings. The van der Waals surface area contributed by atoms with Gasteiger partial charge in [0.1, 0.15) is 5.75 Å². The van der Waals surface area contributed by atoms with E-state index in [9.17, 15) is 14.4 Å². The maximum Gasteiger partial charge on any atom is 0.513 e. The van der Waals surface area contributed by atoms with Crippen LogP contribution in [-0.4, -0.2) is 24.6 Å². The lowest BCUT2D eigenvalue weighted by molar-refractivity contribution is -0.116. The van der Waals surface area contributed by atoms with Crippen molar-refractivity contribution in [3.8, 4) is 5.75 Å². The SMILES string of the molecule is CCOC(=O)Oc1ccc(C(=O)NCc2ccccc2NC(=O)CCc2ccc(C)cc2)cc1. The molecule has 3 rings (SSSR count). The molecular formula is C27H28N2O5. The summed E-state index contributed by atoms with van der Waals surface area (Å²) in [5.41, 5.74) is 4.16. The lowest BCUT2D eigenvalue weighted by atomic mass is 10.1. The van der Waals surface area contributed by atoms with Crippen molar-refractivity contribution in [2.24, 2.45) is 0 Å². The molecule has 0 saturated carbocycles. The molecule has 176 valence electrons. The van der Waals surface area contributed by atoms with Crippen LogP contribution in [0.4, 0.5) is 10.5 Å². The monoisotopic (exact) mass is 460 g/mol. The van der Waals surface area contributed by atoms with Crippen LogP contribution in [0.25, 0.3) is 0 Å². The molecule has 0 aliphatic carbocycles. The molecule has 0 aliphatic heterocycles. The number of hydrogen-bond acceptors (Lipinski definition) is 5. The van der Waals surface area contributed by atoms with Gasteiger partial charge >= 0.3 is 6.16 Å². The van der Waals surface area contributed by atoms with E-state index in [4.69, 9.17) is 9.47 Å². The average Bonchev–Trinajstić information content (AvgIpc) is 2.83. The fourth-order valence-corrected chi connectivity index (χ4v) is 3.22. The number of hydrogen-bond donors (Lipinski definition) is 2. The highest BCUT2D eigenvalue weighted by atomic mass is 16.7. The van der Waals surface area contributed by atoms with Gasteiger partial charge < -0.3 is 20.1 Å². The maximum absolute atomic E-state index is 12.5. The highest BCUT2D eigenvalue weighted by Gasteiger charge is 2.11. The summed E-state index contributed by atoms with van der Waals surface area (Å²) in [6.07, 6.45) is 0.224. The smallest absolute Gasteiger partial charge is 0.434 e. The Kier molecular flexibility index (Phi) is 8.80.